The highest BCUT2D eigenvalue weighted by atomic mass is 19.1. The maximum Gasteiger partial charge on any atom is 0.341 e. The first kappa shape index (κ1) is 18.2. The first-order valence-electron chi connectivity index (χ1n) is 9.47. The van der Waals surface area contributed by atoms with Crippen molar-refractivity contribution in [1.82, 2.24) is 9.13 Å². The third kappa shape index (κ3) is 2.50. The van der Waals surface area contributed by atoms with Crippen molar-refractivity contribution in [1.29, 1.82) is 0 Å². The highest BCUT2D eigenvalue weighted by Gasteiger charge is 2.30. The molecule has 0 spiro atoms. The minimum absolute atomic E-state index is 0.0238. The van der Waals surface area contributed by atoms with Crippen LogP contribution < -0.4 is 15.9 Å². The molecule has 2 aromatic heterocycles. The summed E-state index contributed by atoms with van der Waals surface area (Å²) < 4.78 is 24.4. The van der Waals surface area contributed by atoms with Crippen molar-refractivity contribution >= 4 is 33.5 Å². The van der Waals surface area contributed by atoms with E-state index in [2.05, 4.69) is 0 Å². The summed E-state index contributed by atoms with van der Waals surface area (Å²) in [7, 11) is 1.40. The maximum absolute atomic E-state index is 15.4. The van der Waals surface area contributed by atoms with E-state index in [0.717, 1.165) is 24.3 Å². The number of nitrogen functional groups attached to an aromatic ring is 1. The van der Waals surface area contributed by atoms with Crippen molar-refractivity contribution < 1.29 is 19.0 Å². The molecule has 152 valence electrons. The van der Waals surface area contributed by atoms with Gasteiger partial charge in [0.1, 0.15) is 11.3 Å². The number of carboxylic acids is 1. The first-order chi connectivity index (χ1) is 14.4. The molecule has 1 fully saturated rings. The smallest absolute Gasteiger partial charge is 0.341 e. The van der Waals surface area contributed by atoms with Gasteiger partial charge >= 0.3 is 5.97 Å². The molecule has 5 rings (SSSR count). The van der Waals surface area contributed by atoms with Crippen LogP contribution in [-0.2, 0) is 0 Å². The molecule has 3 N–H and O–H groups in total. The summed E-state index contributed by atoms with van der Waals surface area (Å²) in [6.07, 6.45) is 4.62. The Labute approximate surface area is 169 Å². The molecule has 4 aromatic rings. The topological polar surface area (TPSA) is 99.5 Å². The highest BCUT2D eigenvalue weighted by molar-refractivity contribution is 5.98. The van der Waals surface area contributed by atoms with Crippen LogP contribution in [0.1, 0.15) is 29.2 Å². The number of anilines is 1. The molecule has 0 unspecified atom stereocenters. The number of nitrogens with two attached hydrogens (primary N) is 1. The Morgan fingerprint density at radius 2 is 1.97 bits per heavy atom. The van der Waals surface area contributed by atoms with Gasteiger partial charge in [-0.25, -0.2) is 9.18 Å². The molecule has 1 saturated carbocycles. The Bertz CT molecular complexity index is 1420. The summed E-state index contributed by atoms with van der Waals surface area (Å²) in [4.78, 5) is 24.4. The number of benzene rings is 2. The standard InChI is InChI=1S/C22H18FN3O4/c1-30-21-18-13(20(27)14(22(28)29)9-25(18)11-6-7-11)8-15(23)19(21)26-10-16(24)12-4-2-3-5-17(12)26/h2-5,8-11H,6-7,24H2,1H3,(H,28,29). The summed E-state index contributed by atoms with van der Waals surface area (Å²) in [6, 6.07) is 8.44. The largest absolute Gasteiger partial charge is 0.492 e. The number of fused-ring (bicyclic) bond motifs is 2. The molecule has 2 aromatic carbocycles. The molecule has 7 nitrogen and oxygen atoms in total. The van der Waals surface area contributed by atoms with E-state index in [-0.39, 0.29) is 28.4 Å². The number of pyridine rings is 1. The predicted octanol–water partition coefficient (Wildman–Crippen LogP) is 3.71. The molecule has 8 heteroatoms. The molecule has 1 aliphatic carbocycles. The second-order valence-corrected chi connectivity index (χ2v) is 7.42. The lowest BCUT2D eigenvalue weighted by molar-refractivity contribution is 0.0695. The van der Waals surface area contributed by atoms with Gasteiger partial charge in [-0.1, -0.05) is 18.2 Å². The van der Waals surface area contributed by atoms with Crippen molar-refractivity contribution in [2.75, 3.05) is 12.8 Å². The number of carbonyl (C=O) groups is 1. The van der Waals surface area contributed by atoms with Gasteiger partial charge in [0.25, 0.3) is 0 Å². The molecule has 0 atom stereocenters. The zero-order chi connectivity index (χ0) is 21.2. The minimum atomic E-state index is -1.34. The van der Waals surface area contributed by atoms with Crippen LogP contribution in [0.4, 0.5) is 10.1 Å². The summed E-state index contributed by atoms with van der Waals surface area (Å²) in [5, 5.41) is 10.2. The van der Waals surface area contributed by atoms with E-state index in [4.69, 9.17) is 10.5 Å². The van der Waals surface area contributed by atoms with Crippen LogP contribution in [0.2, 0.25) is 0 Å². The van der Waals surface area contributed by atoms with Crippen molar-refractivity contribution in [2.24, 2.45) is 0 Å². The van der Waals surface area contributed by atoms with Crippen LogP contribution in [0.3, 0.4) is 0 Å². The molecule has 0 saturated heterocycles. The predicted molar refractivity (Wildman–Crippen MR) is 111 cm³/mol. The third-order valence-corrected chi connectivity index (χ3v) is 5.56. The summed E-state index contributed by atoms with van der Waals surface area (Å²) in [6.45, 7) is 0. The lowest BCUT2D eigenvalue weighted by atomic mass is 10.1. The number of hydrogen-bond acceptors (Lipinski definition) is 4. The second-order valence-electron chi connectivity index (χ2n) is 7.42. The Kier molecular flexibility index (Phi) is 3.86. The number of nitrogens with zero attached hydrogens (tertiary/aromatic N) is 2. The van der Waals surface area contributed by atoms with Gasteiger partial charge < -0.3 is 24.7 Å². The fourth-order valence-corrected chi connectivity index (χ4v) is 4.04. The van der Waals surface area contributed by atoms with Crippen LogP contribution in [-0.4, -0.2) is 27.3 Å². The third-order valence-electron chi connectivity index (χ3n) is 5.56. The number of aromatic carboxylic acids is 1. The van der Waals surface area contributed by atoms with Crippen LogP contribution in [0.5, 0.6) is 5.75 Å². The first-order valence-corrected chi connectivity index (χ1v) is 9.47. The average molecular weight is 407 g/mol. The van der Waals surface area contributed by atoms with Crippen molar-refractivity contribution in [3.63, 3.8) is 0 Å². The zero-order valence-electron chi connectivity index (χ0n) is 16.1. The van der Waals surface area contributed by atoms with Crippen LogP contribution in [0, 0.1) is 5.82 Å². The minimum Gasteiger partial charge on any atom is -0.492 e. The zero-order valence-corrected chi connectivity index (χ0v) is 16.1. The van der Waals surface area contributed by atoms with Gasteiger partial charge in [-0.05, 0) is 25.0 Å². The van der Waals surface area contributed by atoms with Crippen molar-refractivity contribution in [2.45, 2.75) is 18.9 Å². The van der Waals surface area contributed by atoms with Crippen molar-refractivity contribution in [3.05, 3.63) is 64.3 Å². The molecular weight excluding hydrogens is 389 g/mol. The lowest BCUT2D eigenvalue weighted by Gasteiger charge is -2.19. The van der Waals surface area contributed by atoms with Gasteiger partial charge in [0.2, 0.25) is 5.43 Å². The Balaban J connectivity index is 1.95. The SMILES string of the molecule is COc1c(-n2cc(N)c3ccccc32)c(F)cc2c(=O)c(C(=O)O)cn(C3CC3)c12. The second kappa shape index (κ2) is 6.35. The number of rotatable bonds is 4. The molecule has 0 bridgehead atoms. The number of hydrogen-bond donors (Lipinski definition) is 2. The fraction of sp³-hybridized carbons (Fsp3) is 0.182. The van der Waals surface area contributed by atoms with Gasteiger partial charge in [0.05, 0.1) is 29.2 Å². The monoisotopic (exact) mass is 407 g/mol. The van der Waals surface area contributed by atoms with E-state index in [9.17, 15) is 14.7 Å². The van der Waals surface area contributed by atoms with E-state index in [1.165, 1.54) is 13.3 Å². The molecule has 0 amide bonds. The Hall–Kier alpha value is -3.81. The summed E-state index contributed by atoms with van der Waals surface area (Å²) in [5.41, 5.74) is 6.67. The van der Waals surface area contributed by atoms with E-state index in [0.29, 0.717) is 16.7 Å². The number of halogens is 1. The molecule has 0 aliphatic heterocycles. The van der Waals surface area contributed by atoms with E-state index in [1.54, 1.807) is 15.3 Å². The van der Waals surface area contributed by atoms with Gasteiger partial charge in [0.15, 0.2) is 11.6 Å². The normalized spacial score (nSPS) is 13.8. The molecule has 2 heterocycles. The van der Waals surface area contributed by atoms with Crippen molar-refractivity contribution in [3.8, 4) is 11.4 Å². The average Bonchev–Trinajstić information content (AvgIpc) is 3.52. The number of ether oxygens (including phenoxy) is 1. The summed E-state index contributed by atoms with van der Waals surface area (Å²) >= 11 is 0. The molecule has 0 radical (unpaired) electrons. The Morgan fingerprint density at radius 3 is 2.63 bits per heavy atom. The number of methoxy groups -OCH3 is 1. The number of carboxylic acid groups (broad SMARTS) is 1. The molecular formula is C22H18FN3O4. The Morgan fingerprint density at radius 1 is 1.23 bits per heavy atom. The van der Waals surface area contributed by atoms with E-state index in [1.807, 2.05) is 24.3 Å². The molecule has 1 aliphatic rings. The molecule has 30 heavy (non-hydrogen) atoms. The van der Waals surface area contributed by atoms with Crippen LogP contribution in [0.15, 0.2) is 47.5 Å². The van der Waals surface area contributed by atoms with Gasteiger partial charge in [-0.3, -0.25) is 4.79 Å². The fourth-order valence-electron chi connectivity index (χ4n) is 4.04. The van der Waals surface area contributed by atoms with E-state index >= 15 is 4.39 Å². The highest BCUT2D eigenvalue weighted by Crippen LogP contribution is 2.42. The van der Waals surface area contributed by atoms with Crippen LogP contribution in [0.25, 0.3) is 27.5 Å². The van der Waals surface area contributed by atoms with Gasteiger partial charge in [-0.15, -0.1) is 0 Å². The van der Waals surface area contributed by atoms with Crippen LogP contribution >= 0.6 is 0 Å². The van der Waals surface area contributed by atoms with Gasteiger partial charge in [-0.2, -0.15) is 0 Å². The summed E-state index contributed by atoms with van der Waals surface area (Å²) in [5.74, 6) is -1.89. The van der Waals surface area contributed by atoms with E-state index < -0.39 is 17.2 Å². The lowest BCUT2D eigenvalue weighted by Crippen LogP contribution is -2.20. The number of para-hydroxylation sites is 1. The maximum atomic E-state index is 15.4. The number of aromatic nitrogens is 2. The quantitative estimate of drug-likeness (QED) is 0.537. The van der Waals surface area contributed by atoms with Gasteiger partial charge in [0, 0.05) is 23.8 Å².